The van der Waals surface area contributed by atoms with Gasteiger partial charge in [-0.3, -0.25) is 0 Å². The van der Waals surface area contributed by atoms with Crippen molar-refractivity contribution in [3.05, 3.63) is 440 Å². The molecular weight excluding hydrogens is 1230 g/mol. The normalized spacial score (nSPS) is 10.7. The lowest BCUT2D eigenvalue weighted by molar-refractivity contribution is 0.590. The molecule has 0 heterocycles. The highest BCUT2D eigenvalue weighted by Gasteiger charge is 2.34. The van der Waals surface area contributed by atoms with Gasteiger partial charge >= 0.3 is 0 Å². The number of para-hydroxylation sites is 2. The molecule has 0 bridgehead atoms. The van der Waals surface area contributed by atoms with Gasteiger partial charge in [-0.25, -0.2) is 0 Å². The Labute approximate surface area is 593 Å². The van der Waals surface area contributed by atoms with Gasteiger partial charge in [0.2, 0.25) is 6.71 Å². The van der Waals surface area contributed by atoms with E-state index in [2.05, 4.69) is 398 Å². The van der Waals surface area contributed by atoms with E-state index in [4.69, 9.17) is 0 Å². The van der Waals surface area contributed by atoms with Crippen LogP contribution in [0.15, 0.2) is 413 Å². The molecule has 14 rings (SSSR count). The molecule has 492 valence electrons. The zero-order valence-corrected chi connectivity index (χ0v) is 60.5. The van der Waals surface area contributed by atoms with E-state index in [9.17, 15) is 4.57 Å². The molecular formula is C93H92BN2OPSi. The van der Waals surface area contributed by atoms with E-state index in [0.717, 1.165) is 10.6 Å². The first kappa shape index (κ1) is 72.5. The molecule has 0 fully saturated rings. The lowest BCUT2D eigenvalue weighted by Gasteiger charge is -2.31. The Morgan fingerprint density at radius 1 is 0.293 bits per heavy atom. The van der Waals surface area contributed by atoms with Crippen molar-refractivity contribution in [2.75, 3.05) is 30.6 Å². The van der Waals surface area contributed by atoms with Gasteiger partial charge in [0.15, 0.2) is 0 Å². The van der Waals surface area contributed by atoms with Gasteiger partial charge in [-0.05, 0) is 108 Å². The van der Waals surface area contributed by atoms with Crippen LogP contribution < -0.4 is 46.9 Å². The summed E-state index contributed by atoms with van der Waals surface area (Å²) in [6, 6.07) is 143. The molecule has 0 unspecified atom stereocenters. The monoisotopic (exact) mass is 1320 g/mol. The first-order valence-corrected chi connectivity index (χ1v) is 38.7. The molecule has 0 saturated carbocycles. The summed E-state index contributed by atoms with van der Waals surface area (Å²) in [7, 11) is -0.108. The molecule has 0 aromatic heterocycles. The van der Waals surface area contributed by atoms with Crippen molar-refractivity contribution in [2.45, 2.75) is 39.6 Å². The molecule has 0 aliphatic heterocycles. The first-order valence-electron chi connectivity index (χ1n) is 34.1. The fraction of sp³-hybridized carbons (Fsp3) is 0.0968. The fourth-order valence-electron chi connectivity index (χ4n) is 12.0. The maximum Gasteiger partial charge on any atom is 0.206 e. The number of benzene rings is 14. The van der Waals surface area contributed by atoms with E-state index >= 15 is 0 Å². The SMILES string of the molecule is CB(c1ccccc1)c1ccccc1.CC(c1ccccc1)(c1ccccc1)c1ccccc1.CN(c1ccccc1)c1ccccc1.CP(=O)(c1ccccc1)c1ccccc1.C[Si](c1ccccc1)(c1ccccc1)c1ccccc1.Cc1ccc(N(C)c2ccc(C)cc2)cc1. The van der Waals surface area contributed by atoms with Crippen molar-refractivity contribution in [3.8, 4) is 0 Å². The third-order valence-electron chi connectivity index (χ3n) is 18.3. The summed E-state index contributed by atoms with van der Waals surface area (Å²) in [5.41, 5.74) is 14.0. The Bertz CT molecular complexity index is 3990. The van der Waals surface area contributed by atoms with E-state index < -0.39 is 15.2 Å². The standard InChI is InChI=1S/C20H18.C19H18Si.C15H17N.C13H13B.C13H13N.C13H13OP/c2*1-20(17-11-5-2-6-12-17,18-13-7-3-8-14-18)19-15-9-4-10-16-19;1-12-4-8-14(9-5-12)16(3)15-10-6-13(2)7-11-15;2*1-14(12-8-4-2-5-9-12)13-10-6-3-7-11-13;1-15(14,12-8-4-2-5-9-12)13-10-6-3-7-11-13/h2*2-16H,1H3;4-11H,1-3H3;2*2-11H,1H3;2-11H,1H3. The zero-order chi connectivity index (χ0) is 69.6. The fourth-order valence-corrected chi connectivity index (χ4v) is 17.4. The van der Waals surface area contributed by atoms with Crippen LogP contribution in [0.4, 0.5) is 22.7 Å². The Morgan fingerprint density at radius 3 is 0.747 bits per heavy atom. The van der Waals surface area contributed by atoms with Gasteiger partial charge in [0.05, 0.1) is 0 Å². The largest absolute Gasteiger partial charge is 0.345 e. The number of nitrogens with zero attached hydrogens (tertiary/aromatic N) is 2. The van der Waals surface area contributed by atoms with Gasteiger partial charge in [0.25, 0.3) is 0 Å². The van der Waals surface area contributed by atoms with Crippen LogP contribution in [-0.2, 0) is 9.98 Å². The van der Waals surface area contributed by atoms with Gasteiger partial charge in [0.1, 0.15) is 15.2 Å². The minimum absolute atomic E-state index is 0.121. The van der Waals surface area contributed by atoms with Crippen LogP contribution in [0, 0.1) is 13.8 Å². The second-order valence-electron chi connectivity index (χ2n) is 25.0. The Hall–Kier alpha value is -10.8. The van der Waals surface area contributed by atoms with E-state index in [1.807, 2.05) is 79.5 Å². The molecule has 3 nitrogen and oxygen atoms in total. The number of anilines is 4. The van der Waals surface area contributed by atoms with Crippen molar-refractivity contribution in [2.24, 2.45) is 0 Å². The molecule has 14 aromatic rings. The Morgan fingerprint density at radius 2 is 0.495 bits per heavy atom. The Balaban J connectivity index is 0.000000140. The summed E-state index contributed by atoms with van der Waals surface area (Å²) in [5, 5.41) is 6.19. The minimum Gasteiger partial charge on any atom is -0.345 e. The maximum absolute atomic E-state index is 12.6. The van der Waals surface area contributed by atoms with Crippen molar-refractivity contribution in [1.82, 2.24) is 0 Å². The summed E-state index contributed by atoms with van der Waals surface area (Å²) in [6.07, 6.45) is 0. The predicted molar refractivity (Wildman–Crippen MR) is 436 cm³/mol. The third-order valence-corrected chi connectivity index (χ3v) is 25.4. The minimum atomic E-state index is -2.40. The third kappa shape index (κ3) is 20.2. The zero-order valence-electron chi connectivity index (χ0n) is 58.6. The molecule has 0 amide bonds. The molecule has 0 spiro atoms. The van der Waals surface area contributed by atoms with Gasteiger partial charge < -0.3 is 14.4 Å². The van der Waals surface area contributed by atoms with E-state index in [1.165, 1.54) is 77.1 Å². The van der Waals surface area contributed by atoms with Crippen LogP contribution in [0.25, 0.3) is 0 Å². The van der Waals surface area contributed by atoms with Gasteiger partial charge in [-0.15, -0.1) is 0 Å². The van der Waals surface area contributed by atoms with E-state index in [-0.39, 0.29) is 5.41 Å². The molecule has 99 heavy (non-hydrogen) atoms. The van der Waals surface area contributed by atoms with Crippen LogP contribution >= 0.6 is 7.14 Å². The lowest BCUT2D eigenvalue weighted by atomic mass is 9.43. The van der Waals surface area contributed by atoms with Crippen LogP contribution in [0.1, 0.15) is 34.7 Å². The second-order valence-corrected chi connectivity index (χ2v) is 31.9. The second kappa shape index (κ2) is 37.1. The van der Waals surface area contributed by atoms with E-state index in [0.29, 0.717) is 6.71 Å². The average molecular weight is 1320 g/mol. The number of hydrogen-bond donors (Lipinski definition) is 0. The highest BCUT2D eigenvalue weighted by atomic mass is 31.2. The number of hydrogen-bond acceptors (Lipinski definition) is 3. The summed E-state index contributed by atoms with van der Waals surface area (Å²) in [5.74, 6) is 0. The quantitative estimate of drug-likeness (QED) is 0.0616. The van der Waals surface area contributed by atoms with Crippen molar-refractivity contribution < 1.29 is 4.57 Å². The van der Waals surface area contributed by atoms with Gasteiger partial charge in [-0.2, -0.15) is 0 Å². The van der Waals surface area contributed by atoms with Crippen molar-refractivity contribution in [1.29, 1.82) is 0 Å². The molecule has 0 saturated heterocycles. The smallest absolute Gasteiger partial charge is 0.206 e. The molecule has 0 aliphatic carbocycles. The number of rotatable bonds is 14. The highest BCUT2D eigenvalue weighted by Crippen LogP contribution is 2.39. The van der Waals surface area contributed by atoms with E-state index in [1.54, 1.807) is 0 Å². The maximum atomic E-state index is 12.6. The average Bonchev–Trinajstić information content (AvgIpc) is 0.783. The first-order chi connectivity index (χ1) is 48.3. The van der Waals surface area contributed by atoms with Gasteiger partial charge in [-0.1, -0.05) is 399 Å². The van der Waals surface area contributed by atoms with Crippen LogP contribution in [0.5, 0.6) is 0 Å². The summed E-state index contributed by atoms with van der Waals surface area (Å²) < 4.78 is 12.6. The van der Waals surface area contributed by atoms with Crippen LogP contribution in [-0.4, -0.2) is 35.5 Å². The Kier molecular flexibility index (Phi) is 27.1. The van der Waals surface area contributed by atoms with Crippen molar-refractivity contribution in [3.63, 3.8) is 0 Å². The van der Waals surface area contributed by atoms with Gasteiger partial charge in [0, 0.05) is 52.9 Å². The summed E-state index contributed by atoms with van der Waals surface area (Å²) in [4.78, 5) is 4.36. The highest BCUT2D eigenvalue weighted by molar-refractivity contribution is 7.78. The molecule has 0 aliphatic rings. The van der Waals surface area contributed by atoms with Crippen LogP contribution in [0.2, 0.25) is 13.4 Å². The molecule has 6 heteroatoms. The molecule has 0 radical (unpaired) electrons. The predicted octanol–water partition coefficient (Wildman–Crippen LogP) is 19.9. The molecule has 14 aromatic carbocycles. The van der Waals surface area contributed by atoms with Crippen molar-refractivity contribution >= 4 is 81.8 Å². The topological polar surface area (TPSA) is 23.6 Å². The lowest BCUT2D eigenvalue weighted by Crippen LogP contribution is -2.64. The summed E-state index contributed by atoms with van der Waals surface area (Å²) >= 11 is 0. The molecule has 0 N–H and O–H groups in total. The van der Waals surface area contributed by atoms with Crippen LogP contribution in [0.3, 0.4) is 0 Å². The number of aryl methyl sites for hydroxylation is 2. The molecule has 0 atom stereocenters. The summed E-state index contributed by atoms with van der Waals surface area (Å²) in [6.45, 7) is 13.5.